The molecule has 0 aromatic carbocycles. The van der Waals surface area contributed by atoms with Crippen LogP contribution >= 0.6 is 0 Å². The Morgan fingerprint density at radius 2 is 2.04 bits per heavy atom. The van der Waals surface area contributed by atoms with Crippen molar-refractivity contribution in [3.05, 3.63) is 18.3 Å². The van der Waals surface area contributed by atoms with Crippen LogP contribution < -0.4 is 10.1 Å². The average Bonchev–Trinajstić information content (AvgIpc) is 2.51. The average molecular weight is 363 g/mol. The Balaban J connectivity index is 1.73. The highest BCUT2D eigenvalue weighted by Crippen LogP contribution is 2.23. The van der Waals surface area contributed by atoms with Gasteiger partial charge in [-0.15, -0.1) is 5.06 Å². The molecule has 1 fully saturated rings. The Hall–Kier alpha value is -2.40. The van der Waals surface area contributed by atoms with Crippen LogP contribution in [-0.2, 0) is 19.2 Å². The Bertz CT molecular complexity index is 603. The molecule has 1 aromatic rings. The lowest BCUT2D eigenvalue weighted by atomic mass is 10.0. The van der Waals surface area contributed by atoms with Gasteiger partial charge in [0.05, 0.1) is 18.7 Å². The number of nitrogens with zero attached hydrogens (tertiary/aromatic N) is 2. The van der Waals surface area contributed by atoms with E-state index in [-0.39, 0.29) is 18.9 Å². The summed E-state index contributed by atoms with van der Waals surface area (Å²) in [6, 6.07) is 3.14. The molecule has 8 nitrogen and oxygen atoms in total. The number of halogens is 3. The number of anilines is 1. The van der Waals surface area contributed by atoms with Crippen molar-refractivity contribution in [2.45, 2.75) is 6.18 Å². The minimum atomic E-state index is -5.07. The van der Waals surface area contributed by atoms with Crippen LogP contribution in [0.4, 0.5) is 19.0 Å². The molecule has 1 amide bonds. The van der Waals surface area contributed by atoms with Gasteiger partial charge in [0.2, 0.25) is 5.91 Å². The number of carbonyl (C=O) groups is 2. The molecule has 0 bridgehead atoms. The second kappa shape index (κ2) is 8.12. The van der Waals surface area contributed by atoms with Crippen LogP contribution in [0.15, 0.2) is 18.3 Å². The SMILES string of the molecule is COCCOc1ccc(NC(=O)C2CN(OC(=O)C(F)(F)F)C2)nc1. The monoisotopic (exact) mass is 363 g/mol. The molecule has 0 saturated carbocycles. The van der Waals surface area contributed by atoms with Gasteiger partial charge < -0.3 is 19.6 Å². The number of hydrogen-bond donors (Lipinski definition) is 1. The smallest absolute Gasteiger partial charge is 0.490 e. The standard InChI is InChI=1S/C14H16F3N3O5/c1-23-4-5-24-10-2-3-11(18-6-10)19-12(21)9-7-20(8-9)25-13(22)14(15,16)17/h2-3,6,9H,4-5,7-8H2,1H3,(H,18,19,21). The van der Waals surface area contributed by atoms with E-state index in [1.54, 1.807) is 13.2 Å². The molecule has 138 valence electrons. The third-order valence-corrected chi connectivity index (χ3v) is 3.21. The topological polar surface area (TPSA) is 90.0 Å². The summed E-state index contributed by atoms with van der Waals surface area (Å²) < 4.78 is 46.3. The molecule has 0 atom stereocenters. The predicted molar refractivity (Wildman–Crippen MR) is 77.4 cm³/mol. The van der Waals surface area contributed by atoms with E-state index in [9.17, 15) is 22.8 Å². The van der Waals surface area contributed by atoms with E-state index in [0.29, 0.717) is 19.0 Å². The number of aromatic nitrogens is 1. The van der Waals surface area contributed by atoms with Gasteiger partial charge in [-0.25, -0.2) is 9.78 Å². The molecule has 1 aromatic heterocycles. The molecule has 0 aliphatic carbocycles. The molecular weight excluding hydrogens is 347 g/mol. The van der Waals surface area contributed by atoms with E-state index in [1.807, 2.05) is 0 Å². The maximum absolute atomic E-state index is 12.0. The predicted octanol–water partition coefficient (Wildman–Crippen LogP) is 0.998. The summed E-state index contributed by atoms with van der Waals surface area (Å²) in [5, 5.41) is 3.30. The van der Waals surface area contributed by atoms with Crippen molar-refractivity contribution >= 4 is 17.7 Å². The van der Waals surface area contributed by atoms with E-state index < -0.39 is 24.0 Å². The third-order valence-electron chi connectivity index (χ3n) is 3.21. The Morgan fingerprint density at radius 1 is 1.32 bits per heavy atom. The number of nitrogens with one attached hydrogen (secondary N) is 1. The maximum Gasteiger partial charge on any atom is 0.492 e. The molecule has 0 spiro atoms. The zero-order chi connectivity index (χ0) is 18.4. The highest BCUT2D eigenvalue weighted by molar-refractivity contribution is 5.92. The van der Waals surface area contributed by atoms with Crippen molar-refractivity contribution in [2.75, 3.05) is 38.7 Å². The van der Waals surface area contributed by atoms with Gasteiger partial charge in [0.25, 0.3) is 0 Å². The van der Waals surface area contributed by atoms with Crippen molar-refractivity contribution < 1.29 is 37.1 Å². The highest BCUT2D eigenvalue weighted by atomic mass is 19.4. The number of alkyl halides is 3. The fourth-order valence-corrected chi connectivity index (χ4v) is 1.86. The molecule has 2 heterocycles. The van der Waals surface area contributed by atoms with Crippen molar-refractivity contribution in [3.63, 3.8) is 0 Å². The molecule has 1 aliphatic heterocycles. The lowest BCUT2D eigenvalue weighted by molar-refractivity contribution is -0.256. The number of rotatable bonds is 7. The first-order valence-electron chi connectivity index (χ1n) is 7.22. The number of hydroxylamine groups is 2. The fourth-order valence-electron chi connectivity index (χ4n) is 1.86. The Morgan fingerprint density at radius 3 is 2.60 bits per heavy atom. The summed E-state index contributed by atoms with van der Waals surface area (Å²) in [4.78, 5) is 30.7. The van der Waals surface area contributed by atoms with Gasteiger partial charge in [-0.05, 0) is 12.1 Å². The Kier molecular flexibility index (Phi) is 6.15. The van der Waals surface area contributed by atoms with Gasteiger partial charge in [0, 0.05) is 20.2 Å². The minimum absolute atomic E-state index is 0.119. The van der Waals surface area contributed by atoms with Crippen LogP contribution in [0, 0.1) is 5.92 Å². The zero-order valence-corrected chi connectivity index (χ0v) is 13.2. The molecule has 1 N–H and O–H groups in total. The lowest BCUT2D eigenvalue weighted by Gasteiger charge is -2.35. The summed E-state index contributed by atoms with van der Waals surface area (Å²) in [5.41, 5.74) is 0. The zero-order valence-electron chi connectivity index (χ0n) is 13.2. The number of hydrogen-bond acceptors (Lipinski definition) is 7. The van der Waals surface area contributed by atoms with Crippen molar-refractivity contribution in [1.29, 1.82) is 0 Å². The molecular formula is C14H16F3N3O5. The van der Waals surface area contributed by atoms with Gasteiger partial charge in [0.15, 0.2) is 0 Å². The van der Waals surface area contributed by atoms with Gasteiger partial charge >= 0.3 is 12.1 Å². The van der Waals surface area contributed by atoms with Gasteiger partial charge in [-0.3, -0.25) is 4.79 Å². The van der Waals surface area contributed by atoms with Crippen LogP contribution in [0.3, 0.4) is 0 Å². The molecule has 0 radical (unpaired) electrons. The summed E-state index contributed by atoms with van der Waals surface area (Å²) in [6.45, 7) is 0.547. The normalized spacial score (nSPS) is 15.4. The number of carbonyl (C=O) groups excluding carboxylic acids is 2. The lowest BCUT2D eigenvalue weighted by Crippen LogP contribution is -2.53. The number of pyridine rings is 1. The van der Waals surface area contributed by atoms with E-state index in [0.717, 1.165) is 5.06 Å². The second-order valence-electron chi connectivity index (χ2n) is 5.13. The van der Waals surface area contributed by atoms with Crippen LogP contribution in [0.2, 0.25) is 0 Å². The molecule has 1 saturated heterocycles. The van der Waals surface area contributed by atoms with Crippen molar-refractivity contribution in [1.82, 2.24) is 10.0 Å². The number of ether oxygens (including phenoxy) is 2. The summed E-state index contributed by atoms with van der Waals surface area (Å²) >= 11 is 0. The maximum atomic E-state index is 12.0. The number of amides is 1. The van der Waals surface area contributed by atoms with E-state index >= 15 is 0 Å². The van der Waals surface area contributed by atoms with Gasteiger partial charge in [-0.1, -0.05) is 0 Å². The van der Waals surface area contributed by atoms with Crippen LogP contribution in [0.25, 0.3) is 0 Å². The van der Waals surface area contributed by atoms with E-state index in [4.69, 9.17) is 9.47 Å². The van der Waals surface area contributed by atoms with Gasteiger partial charge in [0.1, 0.15) is 18.2 Å². The summed E-state index contributed by atoms with van der Waals surface area (Å²) in [5.74, 6) is -2.56. The van der Waals surface area contributed by atoms with E-state index in [2.05, 4.69) is 15.1 Å². The molecule has 1 aliphatic rings. The molecule has 25 heavy (non-hydrogen) atoms. The largest absolute Gasteiger partial charge is 0.492 e. The minimum Gasteiger partial charge on any atom is -0.490 e. The van der Waals surface area contributed by atoms with Crippen LogP contribution in [-0.4, -0.2) is 61.5 Å². The van der Waals surface area contributed by atoms with Crippen LogP contribution in [0.5, 0.6) is 5.75 Å². The van der Waals surface area contributed by atoms with Crippen molar-refractivity contribution in [3.8, 4) is 5.75 Å². The molecule has 11 heteroatoms. The number of methoxy groups -OCH3 is 1. The van der Waals surface area contributed by atoms with Gasteiger partial charge in [-0.2, -0.15) is 13.2 Å². The van der Waals surface area contributed by atoms with Crippen molar-refractivity contribution in [2.24, 2.45) is 5.92 Å². The third kappa shape index (κ3) is 5.57. The van der Waals surface area contributed by atoms with Crippen LogP contribution in [0.1, 0.15) is 0 Å². The highest BCUT2D eigenvalue weighted by Gasteiger charge is 2.45. The molecule has 2 rings (SSSR count). The Labute approximate surface area is 140 Å². The molecule has 0 unspecified atom stereocenters. The fraction of sp³-hybridized carbons (Fsp3) is 0.500. The summed E-state index contributed by atoms with van der Waals surface area (Å²) in [7, 11) is 1.55. The summed E-state index contributed by atoms with van der Waals surface area (Å²) in [6.07, 6.45) is -3.65. The second-order valence-corrected chi connectivity index (χ2v) is 5.13. The first-order valence-corrected chi connectivity index (χ1v) is 7.22. The quantitative estimate of drug-likeness (QED) is 0.723. The first kappa shape index (κ1) is 18.9. The van der Waals surface area contributed by atoms with E-state index in [1.165, 1.54) is 12.3 Å². The first-order chi connectivity index (χ1) is 11.8.